The van der Waals surface area contributed by atoms with E-state index in [1.165, 1.54) is 4.31 Å². The molecule has 1 rings (SSSR count). The van der Waals surface area contributed by atoms with Crippen molar-refractivity contribution in [1.82, 2.24) is 9.62 Å². The van der Waals surface area contributed by atoms with Crippen LogP contribution in [0.25, 0.3) is 0 Å². The zero-order chi connectivity index (χ0) is 15.2. The number of rotatable bonds is 8. The Bertz CT molecular complexity index is 403. The number of hydrogen-bond donors (Lipinski definition) is 2. The second-order valence-electron chi connectivity index (χ2n) is 5.90. The van der Waals surface area contributed by atoms with Crippen LogP contribution in [0.1, 0.15) is 39.5 Å². The molecule has 1 amide bonds. The highest BCUT2D eigenvalue weighted by Crippen LogP contribution is 2.13. The Morgan fingerprint density at radius 2 is 2.10 bits per heavy atom. The number of amides is 1. The van der Waals surface area contributed by atoms with Gasteiger partial charge in [0.05, 0.1) is 12.3 Å². The topological polar surface area (TPSA) is 92.5 Å². The number of nitrogens with two attached hydrogens (primary N) is 1. The molecule has 6 nitrogen and oxygen atoms in total. The first-order valence-electron chi connectivity index (χ1n) is 7.31. The van der Waals surface area contributed by atoms with E-state index in [9.17, 15) is 13.2 Å². The highest BCUT2D eigenvalue weighted by atomic mass is 32.2. The zero-order valence-corrected chi connectivity index (χ0v) is 13.3. The average molecular weight is 305 g/mol. The Labute approximate surface area is 122 Å². The number of nitrogens with one attached hydrogen (secondary N) is 1. The van der Waals surface area contributed by atoms with Crippen LogP contribution in [0.15, 0.2) is 0 Å². The molecular weight excluding hydrogens is 278 g/mol. The fourth-order valence-electron chi connectivity index (χ4n) is 2.45. The normalized spacial score (nSPS) is 20.5. The molecule has 0 aromatic carbocycles. The van der Waals surface area contributed by atoms with Crippen molar-refractivity contribution in [3.8, 4) is 0 Å². The molecule has 0 radical (unpaired) electrons. The van der Waals surface area contributed by atoms with E-state index in [1.54, 1.807) is 0 Å². The molecular formula is C13H27N3O3S. The van der Waals surface area contributed by atoms with Crippen LogP contribution in [-0.4, -0.2) is 50.1 Å². The summed E-state index contributed by atoms with van der Waals surface area (Å²) < 4.78 is 25.9. The predicted molar refractivity (Wildman–Crippen MR) is 79.7 cm³/mol. The minimum atomic E-state index is -3.42. The molecule has 0 bridgehead atoms. The second kappa shape index (κ2) is 7.95. The minimum absolute atomic E-state index is 0.0741. The quantitative estimate of drug-likeness (QED) is 0.674. The molecule has 0 aromatic rings. The molecule has 118 valence electrons. The summed E-state index contributed by atoms with van der Waals surface area (Å²) in [6.45, 7) is 4.92. The number of primary amides is 1. The molecule has 20 heavy (non-hydrogen) atoms. The molecule has 1 aliphatic rings. The smallest absolute Gasteiger partial charge is 0.232 e. The highest BCUT2D eigenvalue weighted by molar-refractivity contribution is 7.89. The van der Waals surface area contributed by atoms with Gasteiger partial charge in [-0.3, -0.25) is 4.79 Å². The summed E-state index contributed by atoms with van der Waals surface area (Å²) in [6, 6.07) is 0.271. The maximum Gasteiger partial charge on any atom is 0.232 e. The van der Waals surface area contributed by atoms with E-state index in [0.29, 0.717) is 13.0 Å². The van der Waals surface area contributed by atoms with Crippen LogP contribution in [0.3, 0.4) is 0 Å². The van der Waals surface area contributed by atoms with Gasteiger partial charge in [-0.25, -0.2) is 8.42 Å². The second-order valence-corrected chi connectivity index (χ2v) is 7.99. The third-order valence-electron chi connectivity index (χ3n) is 3.43. The van der Waals surface area contributed by atoms with E-state index >= 15 is 0 Å². The lowest BCUT2D eigenvalue weighted by molar-refractivity contribution is -0.118. The standard InChI is InChI=1S/C13H27N3O3S/c1-11(2)9-16(10-13(14)17)20(18,19)8-6-12-5-3-4-7-15-12/h11-12,15H,3-10H2,1-2H3,(H2,14,17). The molecule has 1 fully saturated rings. The number of piperidine rings is 1. The average Bonchev–Trinajstić information content (AvgIpc) is 2.36. The summed E-state index contributed by atoms with van der Waals surface area (Å²) in [5, 5.41) is 3.34. The molecule has 0 saturated carbocycles. The van der Waals surface area contributed by atoms with E-state index in [2.05, 4.69) is 5.32 Å². The van der Waals surface area contributed by atoms with Crippen LogP contribution in [-0.2, 0) is 14.8 Å². The Morgan fingerprint density at radius 1 is 1.40 bits per heavy atom. The number of nitrogens with zero attached hydrogens (tertiary/aromatic N) is 1. The van der Waals surface area contributed by atoms with Gasteiger partial charge < -0.3 is 11.1 Å². The van der Waals surface area contributed by atoms with Gasteiger partial charge in [0.1, 0.15) is 0 Å². The van der Waals surface area contributed by atoms with E-state index in [4.69, 9.17) is 5.73 Å². The van der Waals surface area contributed by atoms with Crippen LogP contribution < -0.4 is 11.1 Å². The molecule has 1 saturated heterocycles. The van der Waals surface area contributed by atoms with Crippen LogP contribution in [0.2, 0.25) is 0 Å². The summed E-state index contributed by atoms with van der Waals surface area (Å²) in [4.78, 5) is 11.0. The lowest BCUT2D eigenvalue weighted by atomic mass is 10.0. The molecule has 0 aromatic heterocycles. The Hall–Kier alpha value is -0.660. The van der Waals surface area contributed by atoms with Gasteiger partial charge in [-0.2, -0.15) is 4.31 Å². The Balaban J connectivity index is 2.58. The lowest BCUT2D eigenvalue weighted by Gasteiger charge is -2.26. The van der Waals surface area contributed by atoms with Gasteiger partial charge >= 0.3 is 0 Å². The third kappa shape index (κ3) is 6.19. The third-order valence-corrected chi connectivity index (χ3v) is 5.25. The summed E-state index contributed by atoms with van der Waals surface area (Å²) in [5.41, 5.74) is 5.15. The fourth-order valence-corrected chi connectivity index (χ4v) is 4.14. The first-order chi connectivity index (χ1) is 9.31. The molecule has 1 aliphatic heterocycles. The van der Waals surface area contributed by atoms with Gasteiger partial charge in [-0.05, 0) is 31.7 Å². The molecule has 1 heterocycles. The lowest BCUT2D eigenvalue weighted by Crippen LogP contribution is -2.43. The van der Waals surface area contributed by atoms with Gasteiger partial charge in [0.15, 0.2) is 0 Å². The monoisotopic (exact) mass is 305 g/mol. The highest BCUT2D eigenvalue weighted by Gasteiger charge is 2.26. The van der Waals surface area contributed by atoms with Gasteiger partial charge in [-0.15, -0.1) is 0 Å². The number of carbonyl (C=O) groups excluding carboxylic acids is 1. The van der Waals surface area contributed by atoms with Crippen LogP contribution in [0.4, 0.5) is 0 Å². The van der Waals surface area contributed by atoms with Crippen LogP contribution >= 0.6 is 0 Å². The van der Waals surface area contributed by atoms with Crippen molar-refractivity contribution in [3.63, 3.8) is 0 Å². The van der Waals surface area contributed by atoms with E-state index in [-0.39, 0.29) is 24.3 Å². The number of sulfonamides is 1. The van der Waals surface area contributed by atoms with Crippen LogP contribution in [0, 0.1) is 5.92 Å². The first-order valence-corrected chi connectivity index (χ1v) is 8.91. The van der Waals surface area contributed by atoms with Gasteiger partial charge in [0, 0.05) is 12.6 Å². The SMILES string of the molecule is CC(C)CN(CC(N)=O)S(=O)(=O)CCC1CCCCN1. The van der Waals surface area contributed by atoms with Gasteiger partial charge in [0.2, 0.25) is 15.9 Å². The molecule has 1 unspecified atom stereocenters. The summed E-state index contributed by atoms with van der Waals surface area (Å²) >= 11 is 0. The van der Waals surface area contributed by atoms with E-state index in [1.807, 2.05) is 13.8 Å². The van der Waals surface area contributed by atoms with Crippen molar-refractivity contribution >= 4 is 15.9 Å². The number of hydrogen-bond acceptors (Lipinski definition) is 4. The van der Waals surface area contributed by atoms with Crippen LogP contribution in [0.5, 0.6) is 0 Å². The maximum atomic E-state index is 12.3. The molecule has 0 aliphatic carbocycles. The Morgan fingerprint density at radius 3 is 2.60 bits per heavy atom. The largest absolute Gasteiger partial charge is 0.369 e. The Kier molecular flexibility index (Phi) is 6.91. The van der Waals surface area contributed by atoms with Crippen molar-refractivity contribution in [2.45, 2.75) is 45.6 Å². The van der Waals surface area contributed by atoms with E-state index in [0.717, 1.165) is 25.8 Å². The van der Waals surface area contributed by atoms with Crippen molar-refractivity contribution in [2.24, 2.45) is 11.7 Å². The molecule has 0 spiro atoms. The summed E-state index contributed by atoms with van der Waals surface area (Å²) in [7, 11) is -3.42. The number of carbonyl (C=O) groups is 1. The summed E-state index contributed by atoms with van der Waals surface area (Å²) in [5.74, 6) is -0.369. The van der Waals surface area contributed by atoms with Crippen molar-refractivity contribution in [1.29, 1.82) is 0 Å². The van der Waals surface area contributed by atoms with Crippen molar-refractivity contribution in [2.75, 3.05) is 25.4 Å². The maximum absolute atomic E-state index is 12.3. The van der Waals surface area contributed by atoms with Crippen molar-refractivity contribution in [3.05, 3.63) is 0 Å². The molecule has 1 atom stereocenters. The summed E-state index contributed by atoms with van der Waals surface area (Å²) in [6.07, 6.45) is 3.92. The predicted octanol–water partition coefficient (Wildman–Crippen LogP) is 0.292. The van der Waals surface area contributed by atoms with Crippen molar-refractivity contribution < 1.29 is 13.2 Å². The van der Waals surface area contributed by atoms with E-state index < -0.39 is 15.9 Å². The minimum Gasteiger partial charge on any atom is -0.369 e. The van der Waals surface area contributed by atoms with Gasteiger partial charge in [0.25, 0.3) is 0 Å². The molecule has 3 N–H and O–H groups in total. The first kappa shape index (κ1) is 17.4. The van der Waals surface area contributed by atoms with Gasteiger partial charge in [-0.1, -0.05) is 20.3 Å². The fraction of sp³-hybridized carbons (Fsp3) is 0.923. The molecule has 7 heteroatoms. The zero-order valence-electron chi connectivity index (χ0n) is 12.5.